The minimum atomic E-state index is -3.83. The Morgan fingerprint density at radius 2 is 1.94 bits per heavy atom. The highest BCUT2D eigenvalue weighted by Crippen LogP contribution is 2.28. The minimum absolute atomic E-state index is 0.132. The number of rotatable bonds is 8. The van der Waals surface area contributed by atoms with Gasteiger partial charge in [0.25, 0.3) is 11.6 Å². The quantitative estimate of drug-likeness (QED) is 0.315. The standard InChI is InChI=1S/C20H21Cl2N5O6S/c1-34(31,32)26(15-2-4-17(21)18(22)11-15)13-20(28)24-23-12-14-10-16(27(29)30)3-5-19(14)25-6-8-33-9-7-25/h2-5,10-12H,6-9,13H2,1H3,(H,24,28)/b23-12+. The van der Waals surface area contributed by atoms with Gasteiger partial charge in [-0.15, -0.1) is 0 Å². The fourth-order valence-corrected chi connectivity index (χ4v) is 4.37. The molecule has 0 saturated carbocycles. The Kier molecular flexibility index (Phi) is 8.31. The van der Waals surface area contributed by atoms with Crippen LogP contribution in [-0.4, -0.2) is 64.6 Å². The number of nitro benzene ring substituents is 1. The molecule has 14 heteroatoms. The summed E-state index contributed by atoms with van der Waals surface area (Å²) in [6.45, 7) is 1.65. The second-order valence-corrected chi connectivity index (χ2v) is 9.98. The number of anilines is 2. The van der Waals surface area contributed by atoms with E-state index in [9.17, 15) is 23.3 Å². The number of hydrogen-bond donors (Lipinski definition) is 1. The molecule has 1 saturated heterocycles. The molecule has 0 aliphatic carbocycles. The Morgan fingerprint density at radius 1 is 1.24 bits per heavy atom. The van der Waals surface area contributed by atoms with Crippen LogP contribution in [-0.2, 0) is 19.6 Å². The van der Waals surface area contributed by atoms with Gasteiger partial charge in [0.05, 0.1) is 46.3 Å². The van der Waals surface area contributed by atoms with Crippen LogP contribution in [0.5, 0.6) is 0 Å². The molecule has 0 radical (unpaired) electrons. The van der Waals surface area contributed by atoms with Crippen LogP contribution in [0.15, 0.2) is 41.5 Å². The number of nitro groups is 1. The number of hydrogen-bond acceptors (Lipinski definition) is 8. The number of carbonyl (C=O) groups excluding carboxylic acids is 1. The van der Waals surface area contributed by atoms with Crippen LogP contribution in [0.3, 0.4) is 0 Å². The molecule has 2 aromatic carbocycles. The number of ether oxygens (including phenoxy) is 1. The number of nitrogens with one attached hydrogen (secondary N) is 1. The number of carbonyl (C=O) groups is 1. The first-order valence-corrected chi connectivity index (χ1v) is 12.5. The van der Waals surface area contributed by atoms with E-state index in [1.807, 2.05) is 4.90 Å². The first kappa shape index (κ1) is 25.7. The summed E-state index contributed by atoms with van der Waals surface area (Å²) in [6, 6.07) is 8.52. The van der Waals surface area contributed by atoms with E-state index in [0.717, 1.165) is 10.6 Å². The fraction of sp³-hybridized carbons (Fsp3) is 0.300. The first-order valence-electron chi connectivity index (χ1n) is 9.92. The van der Waals surface area contributed by atoms with Gasteiger partial charge in [-0.1, -0.05) is 23.2 Å². The summed E-state index contributed by atoms with van der Waals surface area (Å²) in [4.78, 5) is 25.1. The molecule has 0 spiro atoms. The average molecular weight is 530 g/mol. The lowest BCUT2D eigenvalue weighted by molar-refractivity contribution is -0.384. The maximum absolute atomic E-state index is 12.5. The Morgan fingerprint density at radius 3 is 2.56 bits per heavy atom. The van der Waals surface area contributed by atoms with Crippen molar-refractivity contribution >= 4 is 62.4 Å². The van der Waals surface area contributed by atoms with E-state index in [1.54, 1.807) is 6.07 Å². The monoisotopic (exact) mass is 529 g/mol. The van der Waals surface area contributed by atoms with Crippen LogP contribution in [0.4, 0.5) is 17.1 Å². The van der Waals surface area contributed by atoms with Gasteiger partial charge in [-0.25, -0.2) is 13.8 Å². The molecule has 0 unspecified atom stereocenters. The number of hydrazone groups is 1. The molecule has 34 heavy (non-hydrogen) atoms. The van der Waals surface area contributed by atoms with Crippen LogP contribution < -0.4 is 14.6 Å². The third kappa shape index (κ3) is 6.56. The van der Waals surface area contributed by atoms with Crippen molar-refractivity contribution in [2.75, 3.05) is 48.3 Å². The van der Waals surface area contributed by atoms with Gasteiger partial charge in [-0.3, -0.25) is 19.2 Å². The summed E-state index contributed by atoms with van der Waals surface area (Å²) in [5.74, 6) is -0.730. The molecule has 3 rings (SSSR count). The van der Waals surface area contributed by atoms with Crippen molar-refractivity contribution in [1.82, 2.24) is 5.43 Å². The van der Waals surface area contributed by atoms with Gasteiger partial charge >= 0.3 is 0 Å². The molecule has 11 nitrogen and oxygen atoms in total. The average Bonchev–Trinajstić information content (AvgIpc) is 2.79. The Labute approximate surface area is 206 Å². The van der Waals surface area contributed by atoms with Crippen molar-refractivity contribution < 1.29 is 22.9 Å². The van der Waals surface area contributed by atoms with Gasteiger partial charge in [-0.2, -0.15) is 5.10 Å². The molecule has 0 aromatic heterocycles. The largest absolute Gasteiger partial charge is 0.378 e. The molecule has 0 atom stereocenters. The zero-order valence-electron chi connectivity index (χ0n) is 18.0. The normalized spacial score (nSPS) is 14.3. The van der Waals surface area contributed by atoms with E-state index in [1.165, 1.54) is 36.5 Å². The number of morpholine rings is 1. The molecular weight excluding hydrogens is 509 g/mol. The van der Waals surface area contributed by atoms with Crippen molar-refractivity contribution in [2.24, 2.45) is 5.10 Å². The summed E-state index contributed by atoms with van der Waals surface area (Å²) in [5, 5.41) is 15.4. The third-order valence-corrected chi connectivity index (χ3v) is 6.72. The van der Waals surface area contributed by atoms with Crippen LogP contribution in [0.1, 0.15) is 5.56 Å². The van der Waals surface area contributed by atoms with E-state index >= 15 is 0 Å². The number of halogens is 2. The SMILES string of the molecule is CS(=O)(=O)N(CC(=O)N/N=C/c1cc([N+](=O)[O-])ccc1N1CCOCC1)c1ccc(Cl)c(Cl)c1. The summed E-state index contributed by atoms with van der Waals surface area (Å²) < 4.78 is 30.7. The maximum Gasteiger partial charge on any atom is 0.270 e. The van der Waals surface area contributed by atoms with Crippen molar-refractivity contribution in [1.29, 1.82) is 0 Å². The number of non-ortho nitro benzene ring substituents is 1. The zero-order valence-corrected chi connectivity index (χ0v) is 20.3. The highest BCUT2D eigenvalue weighted by atomic mass is 35.5. The fourth-order valence-electron chi connectivity index (χ4n) is 3.23. The van der Waals surface area contributed by atoms with Crippen molar-refractivity contribution in [3.63, 3.8) is 0 Å². The third-order valence-electron chi connectivity index (χ3n) is 4.85. The van der Waals surface area contributed by atoms with Gasteiger partial charge < -0.3 is 9.64 Å². The molecule has 1 N–H and O–H groups in total. The molecule has 182 valence electrons. The molecule has 1 aliphatic rings. The van der Waals surface area contributed by atoms with Gasteiger partial charge in [0.2, 0.25) is 10.0 Å². The lowest BCUT2D eigenvalue weighted by Crippen LogP contribution is -2.39. The Hall–Kier alpha value is -2.93. The number of sulfonamides is 1. The predicted octanol–water partition coefficient (Wildman–Crippen LogP) is 2.65. The van der Waals surface area contributed by atoms with E-state index < -0.39 is 27.4 Å². The lowest BCUT2D eigenvalue weighted by Gasteiger charge is -2.29. The van der Waals surface area contributed by atoms with Crippen LogP contribution >= 0.6 is 23.2 Å². The van der Waals surface area contributed by atoms with E-state index in [-0.39, 0.29) is 21.4 Å². The number of nitrogens with zero attached hydrogens (tertiary/aromatic N) is 4. The first-order chi connectivity index (χ1) is 16.1. The maximum atomic E-state index is 12.5. The summed E-state index contributed by atoms with van der Waals surface area (Å²) in [7, 11) is -3.83. The summed E-state index contributed by atoms with van der Waals surface area (Å²) >= 11 is 11.9. The zero-order chi connectivity index (χ0) is 24.9. The minimum Gasteiger partial charge on any atom is -0.378 e. The second-order valence-electron chi connectivity index (χ2n) is 7.26. The highest BCUT2D eigenvalue weighted by Gasteiger charge is 2.22. The summed E-state index contributed by atoms with van der Waals surface area (Å²) in [5.41, 5.74) is 3.40. The Bertz CT molecular complexity index is 1220. The van der Waals surface area contributed by atoms with Crippen molar-refractivity contribution in [2.45, 2.75) is 0 Å². The number of amides is 1. The van der Waals surface area contributed by atoms with Gasteiger partial charge in [-0.05, 0) is 24.3 Å². The molecule has 1 heterocycles. The predicted molar refractivity (Wildman–Crippen MR) is 131 cm³/mol. The van der Waals surface area contributed by atoms with Crippen molar-refractivity contribution in [3.8, 4) is 0 Å². The van der Waals surface area contributed by atoms with Crippen LogP contribution in [0, 0.1) is 10.1 Å². The molecule has 1 amide bonds. The van der Waals surface area contributed by atoms with Gasteiger partial charge in [0.1, 0.15) is 6.54 Å². The second kappa shape index (κ2) is 11.0. The smallest absolute Gasteiger partial charge is 0.270 e. The van der Waals surface area contributed by atoms with Crippen molar-refractivity contribution in [3.05, 3.63) is 62.1 Å². The van der Waals surface area contributed by atoms with E-state index in [0.29, 0.717) is 37.6 Å². The van der Waals surface area contributed by atoms with E-state index in [2.05, 4.69) is 10.5 Å². The molecule has 1 aliphatic heterocycles. The van der Waals surface area contributed by atoms with Crippen LogP contribution in [0.25, 0.3) is 0 Å². The molecule has 0 bridgehead atoms. The molecule has 2 aromatic rings. The van der Waals surface area contributed by atoms with E-state index in [4.69, 9.17) is 27.9 Å². The lowest BCUT2D eigenvalue weighted by atomic mass is 10.1. The van der Waals surface area contributed by atoms with Gasteiger partial charge in [0.15, 0.2) is 0 Å². The highest BCUT2D eigenvalue weighted by molar-refractivity contribution is 7.92. The van der Waals surface area contributed by atoms with Gasteiger partial charge in [0, 0.05) is 36.5 Å². The Balaban J connectivity index is 1.78. The molecule has 1 fully saturated rings. The molecular formula is C20H21Cl2N5O6S. The topological polar surface area (TPSA) is 134 Å². The summed E-state index contributed by atoms with van der Waals surface area (Å²) in [6.07, 6.45) is 2.23. The number of benzene rings is 2. The van der Waals surface area contributed by atoms with Crippen LogP contribution in [0.2, 0.25) is 10.0 Å².